The quantitative estimate of drug-likeness (QED) is 0.265. The fourth-order valence-electron chi connectivity index (χ4n) is 8.63. The molecule has 0 bridgehead atoms. The van der Waals surface area contributed by atoms with E-state index in [4.69, 9.17) is 0 Å². The SMILES string of the molecule is CN(C)S(=O)(=O)CC1(NC(=O)N[C@@H]2CCCCCCCCC[C@H](C(=O)C(=O)NCC3CC3)NC(=O)[C@@H]3[C@@H]4[C@H](CN3C2=O)C4(C)C)CCCCC1. The van der Waals surface area contributed by atoms with Crippen molar-refractivity contribution < 1.29 is 32.4 Å². The first kappa shape index (κ1) is 38.5. The van der Waals surface area contributed by atoms with Crippen molar-refractivity contribution in [1.82, 2.24) is 30.5 Å². The van der Waals surface area contributed by atoms with Crippen molar-refractivity contribution in [2.24, 2.45) is 23.2 Å². The Hall–Kier alpha value is -2.74. The fourth-order valence-corrected chi connectivity index (χ4v) is 9.95. The van der Waals surface area contributed by atoms with Crippen LogP contribution in [0.3, 0.4) is 0 Å². The Morgan fingerprint density at radius 1 is 0.880 bits per heavy atom. The van der Waals surface area contributed by atoms with E-state index in [-0.39, 0.29) is 28.9 Å². The molecule has 2 heterocycles. The molecule has 3 aliphatic carbocycles. The molecule has 3 saturated carbocycles. The molecular weight excluding hydrogens is 660 g/mol. The zero-order valence-electron chi connectivity index (χ0n) is 30.6. The van der Waals surface area contributed by atoms with E-state index in [0.29, 0.717) is 57.5 Å². The summed E-state index contributed by atoms with van der Waals surface area (Å²) in [4.78, 5) is 70.1. The number of ketones is 1. The van der Waals surface area contributed by atoms with E-state index < -0.39 is 57.3 Å². The van der Waals surface area contributed by atoms with Crippen LogP contribution in [-0.2, 0) is 29.2 Å². The van der Waals surface area contributed by atoms with Gasteiger partial charge in [0.1, 0.15) is 12.1 Å². The van der Waals surface area contributed by atoms with E-state index in [1.54, 1.807) is 4.90 Å². The average molecular weight is 721 g/mol. The van der Waals surface area contributed by atoms with Gasteiger partial charge in [-0.25, -0.2) is 17.5 Å². The molecule has 5 atom stereocenters. The van der Waals surface area contributed by atoms with Gasteiger partial charge in [0.2, 0.25) is 27.6 Å². The lowest BCUT2D eigenvalue weighted by Gasteiger charge is -2.39. The second-order valence-corrected chi connectivity index (χ2v) is 18.7. The third-order valence-electron chi connectivity index (χ3n) is 12.2. The molecule has 4 N–H and O–H groups in total. The highest BCUT2D eigenvalue weighted by Gasteiger charge is 2.69. The summed E-state index contributed by atoms with van der Waals surface area (Å²) >= 11 is 0. The van der Waals surface area contributed by atoms with Crippen molar-refractivity contribution in [2.75, 3.05) is 32.9 Å². The van der Waals surface area contributed by atoms with Crippen LogP contribution >= 0.6 is 0 Å². The molecule has 5 fully saturated rings. The molecule has 50 heavy (non-hydrogen) atoms. The standard InChI is InChI=1S/C36H60N6O7S/c1-35(2)25-22-42-29(28(25)35)31(44)38-26(30(43)32(45)37-21-24-17-18-24)15-11-8-6-5-7-9-12-16-27(33(42)46)39-34(47)40-36(19-13-10-14-20-36)23-50(48,49)41(3)4/h24-29H,5-23H2,1-4H3,(H,37,45)(H,38,44)(H2,39,40,47)/t25-,26+,27+,28-,29-/m0/s1. The number of hydrogen-bond donors (Lipinski definition) is 4. The van der Waals surface area contributed by atoms with Crippen LogP contribution in [0.15, 0.2) is 0 Å². The first-order valence-corrected chi connectivity index (χ1v) is 20.7. The van der Waals surface area contributed by atoms with Crippen LogP contribution in [0, 0.1) is 23.2 Å². The van der Waals surface area contributed by atoms with Crippen molar-refractivity contribution in [3.63, 3.8) is 0 Å². The summed E-state index contributed by atoms with van der Waals surface area (Å²) in [6.45, 7) is 4.99. The zero-order chi connectivity index (χ0) is 36.3. The summed E-state index contributed by atoms with van der Waals surface area (Å²) in [6.07, 6.45) is 12.5. The topological polar surface area (TPSA) is 174 Å². The molecule has 5 amide bonds. The minimum atomic E-state index is -3.61. The Morgan fingerprint density at radius 3 is 2.10 bits per heavy atom. The fraction of sp³-hybridized carbons (Fsp3) is 0.861. The number of carbonyl (C=O) groups is 5. The molecule has 0 aromatic heterocycles. The molecule has 282 valence electrons. The van der Waals surface area contributed by atoms with Gasteiger partial charge in [0, 0.05) is 27.2 Å². The number of fused-ring (bicyclic) bond motifs is 3. The Morgan fingerprint density at radius 2 is 1.48 bits per heavy atom. The summed E-state index contributed by atoms with van der Waals surface area (Å²) in [7, 11) is -0.641. The van der Waals surface area contributed by atoms with E-state index in [1.807, 2.05) is 0 Å². The molecule has 0 unspecified atom stereocenters. The van der Waals surface area contributed by atoms with Crippen molar-refractivity contribution in [1.29, 1.82) is 0 Å². The Labute approximate surface area is 298 Å². The number of nitrogens with one attached hydrogen (secondary N) is 4. The zero-order valence-corrected chi connectivity index (χ0v) is 31.4. The van der Waals surface area contributed by atoms with Crippen LogP contribution < -0.4 is 21.3 Å². The number of hydrogen-bond acceptors (Lipinski definition) is 7. The lowest BCUT2D eigenvalue weighted by molar-refractivity contribution is -0.144. The number of piperidine rings is 1. The maximum Gasteiger partial charge on any atom is 0.315 e. The highest BCUT2D eigenvalue weighted by atomic mass is 32.2. The summed E-state index contributed by atoms with van der Waals surface area (Å²) < 4.78 is 27.1. The van der Waals surface area contributed by atoms with Crippen LogP contribution in [-0.4, -0.2) is 104 Å². The van der Waals surface area contributed by atoms with Gasteiger partial charge >= 0.3 is 6.03 Å². The van der Waals surface area contributed by atoms with E-state index in [0.717, 1.165) is 64.2 Å². The second-order valence-electron chi connectivity index (χ2n) is 16.6. The van der Waals surface area contributed by atoms with Gasteiger partial charge in [0.05, 0.1) is 17.3 Å². The van der Waals surface area contributed by atoms with Crippen molar-refractivity contribution in [3.05, 3.63) is 0 Å². The van der Waals surface area contributed by atoms with Gasteiger partial charge in [-0.2, -0.15) is 0 Å². The summed E-state index contributed by atoms with van der Waals surface area (Å²) in [5, 5.41) is 11.6. The maximum atomic E-state index is 14.4. The Kier molecular flexibility index (Phi) is 12.2. The Bertz CT molecular complexity index is 1390. The highest BCUT2D eigenvalue weighted by molar-refractivity contribution is 7.89. The molecule has 2 aliphatic heterocycles. The molecular formula is C36H60N6O7S. The van der Waals surface area contributed by atoms with Crippen molar-refractivity contribution >= 4 is 39.6 Å². The first-order valence-electron chi connectivity index (χ1n) is 19.1. The largest absolute Gasteiger partial charge is 0.349 e. The number of sulfonamides is 1. The monoisotopic (exact) mass is 720 g/mol. The molecule has 5 rings (SSSR count). The molecule has 13 nitrogen and oxygen atoms in total. The summed E-state index contributed by atoms with van der Waals surface area (Å²) in [6, 6.07) is -3.29. The summed E-state index contributed by atoms with van der Waals surface area (Å²) in [5.41, 5.74) is -1.12. The second kappa shape index (κ2) is 15.9. The number of carbonyl (C=O) groups excluding carboxylic acids is 5. The van der Waals surface area contributed by atoms with Gasteiger partial charge in [0.15, 0.2) is 0 Å². The number of urea groups is 1. The van der Waals surface area contributed by atoms with Crippen molar-refractivity contribution in [3.8, 4) is 0 Å². The third-order valence-corrected chi connectivity index (χ3v) is 14.2. The molecule has 0 aromatic rings. The lowest BCUT2D eigenvalue weighted by atomic mass is 9.83. The van der Waals surface area contributed by atoms with Gasteiger partial charge in [-0.1, -0.05) is 78.1 Å². The highest BCUT2D eigenvalue weighted by Crippen LogP contribution is 2.65. The van der Waals surface area contributed by atoms with Crippen LogP contribution in [0.25, 0.3) is 0 Å². The number of rotatable bonds is 9. The lowest BCUT2D eigenvalue weighted by Crippen LogP contribution is -2.62. The van der Waals surface area contributed by atoms with Crippen LogP contribution in [0.2, 0.25) is 0 Å². The van der Waals surface area contributed by atoms with E-state index in [2.05, 4.69) is 35.1 Å². The molecule has 14 heteroatoms. The normalized spacial score (nSPS) is 30.4. The van der Waals surface area contributed by atoms with Gasteiger partial charge < -0.3 is 26.2 Å². The van der Waals surface area contributed by atoms with Crippen LogP contribution in [0.5, 0.6) is 0 Å². The maximum absolute atomic E-state index is 14.4. The van der Waals surface area contributed by atoms with Crippen molar-refractivity contribution in [2.45, 2.75) is 140 Å². The molecule has 0 radical (unpaired) electrons. The summed E-state index contributed by atoms with van der Waals surface area (Å²) in [5.74, 6) is -1.93. The predicted octanol–water partition coefficient (Wildman–Crippen LogP) is 2.84. The minimum Gasteiger partial charge on any atom is -0.349 e. The van der Waals surface area contributed by atoms with Gasteiger partial charge in [-0.15, -0.1) is 0 Å². The molecule has 0 aromatic carbocycles. The Balaban J connectivity index is 1.35. The number of nitrogens with zero attached hydrogens (tertiary/aromatic N) is 2. The molecule has 0 spiro atoms. The number of amides is 5. The van der Waals surface area contributed by atoms with Crippen LogP contribution in [0.1, 0.15) is 117 Å². The van der Waals surface area contributed by atoms with Gasteiger partial charge in [-0.3, -0.25) is 19.2 Å². The average Bonchev–Trinajstić information content (AvgIpc) is 3.92. The van der Waals surface area contributed by atoms with E-state index in [9.17, 15) is 32.4 Å². The molecule has 2 saturated heterocycles. The van der Waals surface area contributed by atoms with E-state index >= 15 is 0 Å². The molecule has 5 aliphatic rings. The van der Waals surface area contributed by atoms with E-state index in [1.165, 1.54) is 18.4 Å². The van der Waals surface area contributed by atoms with Gasteiger partial charge in [-0.05, 0) is 61.7 Å². The van der Waals surface area contributed by atoms with Gasteiger partial charge in [0.25, 0.3) is 5.91 Å². The third kappa shape index (κ3) is 9.18. The first-order chi connectivity index (χ1) is 23.6. The number of Topliss-reactive ketones (excluding diaryl/α,β-unsaturated/α-hetero) is 1. The predicted molar refractivity (Wildman–Crippen MR) is 189 cm³/mol. The van der Waals surface area contributed by atoms with Crippen LogP contribution in [0.4, 0.5) is 4.79 Å². The smallest absolute Gasteiger partial charge is 0.315 e. The minimum absolute atomic E-state index is 0.0940.